The van der Waals surface area contributed by atoms with E-state index in [1.807, 2.05) is 0 Å². The van der Waals surface area contributed by atoms with E-state index in [2.05, 4.69) is 31.9 Å². The molecule has 0 bridgehead atoms. The lowest BCUT2D eigenvalue weighted by molar-refractivity contribution is 0.711. The predicted octanol–water partition coefficient (Wildman–Crippen LogP) is 5.01. The molecule has 0 saturated carbocycles. The fraction of sp³-hybridized carbons (Fsp3) is 0. The molecule has 0 fully saturated rings. The second-order valence-corrected chi connectivity index (χ2v) is 4.05. The maximum absolute atomic E-state index is 12.4. The van der Waals surface area contributed by atoms with Crippen molar-refractivity contribution in [1.82, 2.24) is 0 Å². The molecule has 0 amide bonds. The van der Waals surface area contributed by atoms with Crippen molar-refractivity contribution in [3.63, 3.8) is 0 Å². The van der Waals surface area contributed by atoms with E-state index in [0.29, 0.717) is 11.1 Å². The Morgan fingerprint density at radius 1 is 0.857 bits per heavy atom. The van der Waals surface area contributed by atoms with E-state index in [-0.39, 0.29) is 0 Å². The van der Waals surface area contributed by atoms with Crippen molar-refractivity contribution in [2.75, 3.05) is 0 Å². The molecule has 0 unspecified atom stereocenters. The summed E-state index contributed by atoms with van der Waals surface area (Å²) in [5.41, 5.74) is 1.43. The van der Waals surface area contributed by atoms with Crippen LogP contribution in [0, 0.1) is 0 Å². The molecule has 14 heavy (non-hydrogen) atoms. The van der Waals surface area contributed by atoms with E-state index >= 15 is 0 Å². The van der Waals surface area contributed by atoms with Gasteiger partial charge in [0.1, 0.15) is 0 Å². The fourth-order valence-electron chi connectivity index (χ4n) is 0.940. The average molecular weight is 324 g/mol. The third kappa shape index (κ3) is 4.15. The smallest absolute Gasteiger partial charge is 0.166 e. The Morgan fingerprint density at radius 2 is 1.14 bits per heavy atom. The van der Waals surface area contributed by atoms with Gasteiger partial charge in [-0.2, -0.15) is 8.78 Å². The normalized spacial score (nSPS) is 13.1. The molecule has 1 rings (SSSR count). The van der Waals surface area contributed by atoms with Crippen LogP contribution in [0.25, 0.3) is 12.2 Å². The lowest BCUT2D eigenvalue weighted by Gasteiger charge is -1.95. The van der Waals surface area contributed by atoms with Gasteiger partial charge in [0.15, 0.2) is 9.47 Å². The van der Waals surface area contributed by atoms with Crippen molar-refractivity contribution in [3.8, 4) is 0 Å². The number of hydrogen-bond donors (Lipinski definition) is 0. The van der Waals surface area contributed by atoms with Crippen LogP contribution in [-0.2, 0) is 0 Å². The molecule has 74 valence electrons. The van der Waals surface area contributed by atoms with Crippen molar-refractivity contribution in [2.24, 2.45) is 0 Å². The third-order valence-corrected chi connectivity index (χ3v) is 1.95. The molecule has 0 saturated heterocycles. The molecule has 0 spiro atoms. The second kappa shape index (κ2) is 5.41. The minimum Gasteiger partial charge on any atom is -0.199 e. The zero-order chi connectivity index (χ0) is 10.6. The van der Waals surface area contributed by atoms with E-state index in [1.165, 1.54) is 12.2 Å². The van der Waals surface area contributed by atoms with Gasteiger partial charge in [0.25, 0.3) is 0 Å². The molecule has 0 atom stereocenters. The minimum atomic E-state index is -0.438. The molecule has 0 N–H and O–H groups in total. The summed E-state index contributed by atoms with van der Waals surface area (Å²) < 4.78 is 23.9. The van der Waals surface area contributed by atoms with Gasteiger partial charge in [-0.05, 0) is 55.1 Å². The van der Waals surface area contributed by atoms with Crippen LogP contribution in [0.4, 0.5) is 8.78 Å². The first kappa shape index (κ1) is 11.6. The Labute approximate surface area is 97.6 Å². The van der Waals surface area contributed by atoms with E-state index in [0.717, 1.165) is 0 Å². The number of hydrogen-bond acceptors (Lipinski definition) is 0. The van der Waals surface area contributed by atoms with Gasteiger partial charge >= 0.3 is 0 Å². The first-order valence-electron chi connectivity index (χ1n) is 3.73. The van der Waals surface area contributed by atoms with E-state index in [4.69, 9.17) is 0 Å². The minimum absolute atomic E-state index is 0.438. The Morgan fingerprint density at radius 3 is 1.36 bits per heavy atom. The molecule has 0 aliphatic heterocycles. The van der Waals surface area contributed by atoms with Gasteiger partial charge in [-0.25, -0.2) is 0 Å². The first-order valence-corrected chi connectivity index (χ1v) is 5.32. The van der Waals surface area contributed by atoms with E-state index < -0.39 is 9.47 Å². The molecule has 0 nitrogen and oxygen atoms in total. The number of halogens is 4. The third-order valence-electron chi connectivity index (χ3n) is 1.49. The predicted molar refractivity (Wildman–Crippen MR) is 62.5 cm³/mol. The zero-order valence-electron chi connectivity index (χ0n) is 6.98. The SMILES string of the molecule is F/C(Br)=C/c1ccc(/C=C(/F)Br)cc1. The Hall–Kier alpha value is -0.480. The highest BCUT2D eigenvalue weighted by molar-refractivity contribution is 9.11. The van der Waals surface area contributed by atoms with Crippen LogP contribution in [0.1, 0.15) is 11.1 Å². The summed E-state index contributed by atoms with van der Waals surface area (Å²) in [5.74, 6) is 0. The molecule has 1 aromatic carbocycles. The summed E-state index contributed by atoms with van der Waals surface area (Å²) in [4.78, 5) is 0. The van der Waals surface area contributed by atoms with Gasteiger partial charge in [0.05, 0.1) is 0 Å². The largest absolute Gasteiger partial charge is 0.199 e. The van der Waals surface area contributed by atoms with Crippen molar-refractivity contribution in [2.45, 2.75) is 0 Å². The zero-order valence-corrected chi connectivity index (χ0v) is 10.1. The molecule has 0 heterocycles. The van der Waals surface area contributed by atoms with Crippen LogP contribution in [-0.4, -0.2) is 0 Å². The van der Waals surface area contributed by atoms with Crippen molar-refractivity contribution >= 4 is 44.0 Å². The Kier molecular flexibility index (Phi) is 4.48. The van der Waals surface area contributed by atoms with Crippen molar-refractivity contribution < 1.29 is 8.78 Å². The Bertz CT molecular complexity index is 321. The molecule has 1 aromatic rings. The summed E-state index contributed by atoms with van der Waals surface area (Å²) in [6.07, 6.45) is 2.66. The highest BCUT2D eigenvalue weighted by atomic mass is 79.9. The highest BCUT2D eigenvalue weighted by Gasteiger charge is 1.93. The second-order valence-electron chi connectivity index (χ2n) is 2.53. The molecule has 4 heteroatoms. The summed E-state index contributed by atoms with van der Waals surface area (Å²) >= 11 is 5.37. The van der Waals surface area contributed by atoms with Crippen LogP contribution in [0.5, 0.6) is 0 Å². The standard InChI is InChI=1S/C10H6Br2F2/c11-9(13)5-7-1-2-8(4-3-7)6-10(12)14/h1-6H/b9-5+,10-6+. The molecule has 0 aliphatic rings. The maximum atomic E-state index is 12.4. The van der Waals surface area contributed by atoms with Gasteiger partial charge in [-0.15, -0.1) is 0 Å². The molecule has 0 radical (unpaired) electrons. The average Bonchev–Trinajstić information content (AvgIpc) is 2.06. The maximum Gasteiger partial charge on any atom is 0.166 e. The van der Waals surface area contributed by atoms with Crippen LogP contribution in [0.15, 0.2) is 33.7 Å². The monoisotopic (exact) mass is 322 g/mol. The van der Waals surface area contributed by atoms with E-state index in [9.17, 15) is 8.78 Å². The summed E-state index contributed by atoms with van der Waals surface area (Å²) in [6, 6.07) is 6.79. The van der Waals surface area contributed by atoms with Crippen molar-refractivity contribution in [1.29, 1.82) is 0 Å². The van der Waals surface area contributed by atoms with Crippen LogP contribution in [0.3, 0.4) is 0 Å². The summed E-state index contributed by atoms with van der Waals surface area (Å²) in [6.45, 7) is 0. The number of benzene rings is 1. The van der Waals surface area contributed by atoms with Gasteiger partial charge in [0, 0.05) is 0 Å². The van der Waals surface area contributed by atoms with Crippen LogP contribution in [0.2, 0.25) is 0 Å². The highest BCUT2D eigenvalue weighted by Crippen LogP contribution is 2.16. The lowest BCUT2D eigenvalue weighted by atomic mass is 10.1. The molecular formula is C10H6Br2F2. The topological polar surface area (TPSA) is 0 Å². The quantitative estimate of drug-likeness (QED) is 0.717. The van der Waals surface area contributed by atoms with Gasteiger partial charge in [-0.3, -0.25) is 0 Å². The number of rotatable bonds is 2. The molecular weight excluding hydrogens is 318 g/mol. The van der Waals surface area contributed by atoms with Gasteiger partial charge in [-0.1, -0.05) is 24.3 Å². The van der Waals surface area contributed by atoms with Gasteiger partial charge in [0.2, 0.25) is 0 Å². The molecule has 0 aromatic heterocycles. The summed E-state index contributed by atoms with van der Waals surface area (Å²) in [7, 11) is 0. The first-order chi connectivity index (χ1) is 6.58. The van der Waals surface area contributed by atoms with Crippen molar-refractivity contribution in [3.05, 3.63) is 44.9 Å². The van der Waals surface area contributed by atoms with Crippen LogP contribution < -0.4 is 0 Å². The van der Waals surface area contributed by atoms with E-state index in [1.54, 1.807) is 24.3 Å². The fourth-order valence-corrected chi connectivity index (χ4v) is 1.47. The summed E-state index contributed by atoms with van der Waals surface area (Å²) in [5, 5.41) is 0. The lowest BCUT2D eigenvalue weighted by Crippen LogP contribution is -1.74. The molecule has 0 aliphatic carbocycles. The van der Waals surface area contributed by atoms with Crippen LogP contribution >= 0.6 is 31.9 Å². The van der Waals surface area contributed by atoms with Gasteiger partial charge < -0.3 is 0 Å². The Balaban J connectivity index is 2.89.